The standard InChI is InChI=1S/C16H12O5/c1-7-12-13(16-10(20-7)6-11(17)21-16)15(19)9-5-3-2-4-8(9)14(12)18/h2-5,7,10,16H,6H2,1H3/t7-,10+,16-/m1/s1. The van der Waals surface area contributed by atoms with Gasteiger partial charge in [0, 0.05) is 16.7 Å². The van der Waals surface area contributed by atoms with Crippen LogP contribution in [0.1, 0.15) is 34.1 Å². The number of fused-ring (bicyclic) bond motifs is 3. The zero-order chi connectivity index (χ0) is 14.7. The average Bonchev–Trinajstić information content (AvgIpc) is 2.83. The van der Waals surface area contributed by atoms with Crippen LogP contribution in [0.3, 0.4) is 0 Å². The van der Waals surface area contributed by atoms with E-state index in [2.05, 4.69) is 0 Å². The third kappa shape index (κ3) is 1.58. The average molecular weight is 284 g/mol. The van der Waals surface area contributed by atoms with E-state index in [9.17, 15) is 14.4 Å². The molecule has 1 aromatic rings. The third-order valence-corrected chi connectivity index (χ3v) is 4.23. The smallest absolute Gasteiger partial charge is 0.309 e. The third-order valence-electron chi connectivity index (χ3n) is 4.23. The summed E-state index contributed by atoms with van der Waals surface area (Å²) in [7, 11) is 0. The van der Waals surface area contributed by atoms with Crippen molar-refractivity contribution in [3.05, 3.63) is 46.5 Å². The largest absolute Gasteiger partial charge is 0.454 e. The van der Waals surface area contributed by atoms with Crippen LogP contribution in [0.25, 0.3) is 0 Å². The lowest BCUT2D eigenvalue weighted by atomic mass is 9.77. The highest BCUT2D eigenvalue weighted by Crippen LogP contribution is 2.40. The molecule has 1 aliphatic carbocycles. The maximum absolute atomic E-state index is 12.7. The number of carbonyl (C=O) groups is 3. The van der Waals surface area contributed by atoms with E-state index < -0.39 is 24.3 Å². The van der Waals surface area contributed by atoms with Gasteiger partial charge in [0.25, 0.3) is 0 Å². The molecule has 2 heterocycles. The van der Waals surface area contributed by atoms with E-state index in [0.29, 0.717) is 22.3 Å². The molecule has 0 N–H and O–H groups in total. The van der Waals surface area contributed by atoms with Crippen molar-refractivity contribution in [1.82, 2.24) is 0 Å². The van der Waals surface area contributed by atoms with E-state index in [-0.39, 0.29) is 18.0 Å². The lowest BCUT2D eigenvalue weighted by Crippen LogP contribution is -2.44. The second kappa shape index (κ2) is 4.11. The van der Waals surface area contributed by atoms with Gasteiger partial charge in [-0.15, -0.1) is 0 Å². The first-order valence-corrected chi connectivity index (χ1v) is 6.85. The van der Waals surface area contributed by atoms with Crippen molar-refractivity contribution in [2.75, 3.05) is 0 Å². The lowest BCUT2D eigenvalue weighted by molar-refractivity contribution is -0.140. The predicted octanol–water partition coefficient (Wildman–Crippen LogP) is 1.47. The highest BCUT2D eigenvalue weighted by atomic mass is 16.6. The fourth-order valence-electron chi connectivity index (χ4n) is 3.33. The summed E-state index contributed by atoms with van der Waals surface area (Å²) in [5.41, 5.74) is 1.39. The van der Waals surface area contributed by atoms with Gasteiger partial charge in [0.15, 0.2) is 17.7 Å². The Hall–Kier alpha value is -2.27. The highest BCUT2D eigenvalue weighted by Gasteiger charge is 2.50. The molecule has 0 unspecified atom stereocenters. The summed E-state index contributed by atoms with van der Waals surface area (Å²) in [6.45, 7) is 1.73. The SMILES string of the molecule is C[C@H]1O[C@H]2CC(=O)O[C@H]2C2=C1C(=O)c1ccccc1C2=O. The molecule has 106 valence electrons. The maximum Gasteiger partial charge on any atom is 0.309 e. The van der Waals surface area contributed by atoms with Gasteiger partial charge < -0.3 is 9.47 Å². The van der Waals surface area contributed by atoms with Crippen LogP contribution in [-0.2, 0) is 14.3 Å². The molecule has 4 rings (SSSR count). The van der Waals surface area contributed by atoms with Gasteiger partial charge in [0.05, 0.1) is 18.1 Å². The lowest BCUT2D eigenvalue weighted by Gasteiger charge is -2.35. The number of benzene rings is 1. The second-order valence-corrected chi connectivity index (χ2v) is 5.46. The van der Waals surface area contributed by atoms with Gasteiger partial charge in [-0.1, -0.05) is 24.3 Å². The molecule has 3 atom stereocenters. The molecule has 0 radical (unpaired) electrons. The molecule has 0 amide bonds. The highest BCUT2D eigenvalue weighted by molar-refractivity contribution is 6.28. The minimum Gasteiger partial charge on any atom is -0.454 e. The van der Waals surface area contributed by atoms with Crippen molar-refractivity contribution in [3.63, 3.8) is 0 Å². The monoisotopic (exact) mass is 284 g/mol. The maximum atomic E-state index is 12.7. The van der Waals surface area contributed by atoms with E-state index in [1.807, 2.05) is 0 Å². The van der Waals surface area contributed by atoms with Crippen molar-refractivity contribution in [1.29, 1.82) is 0 Å². The van der Waals surface area contributed by atoms with Gasteiger partial charge in [-0.2, -0.15) is 0 Å². The molecule has 0 saturated carbocycles. The first-order chi connectivity index (χ1) is 10.1. The Labute approximate surface area is 120 Å². The first-order valence-electron chi connectivity index (χ1n) is 6.85. The van der Waals surface area contributed by atoms with E-state index in [1.165, 1.54) is 0 Å². The van der Waals surface area contributed by atoms with Crippen LogP contribution < -0.4 is 0 Å². The van der Waals surface area contributed by atoms with Gasteiger partial charge in [0.1, 0.15) is 6.10 Å². The summed E-state index contributed by atoms with van der Waals surface area (Å²) in [6.07, 6.45) is -1.63. The fourth-order valence-corrected chi connectivity index (χ4v) is 3.33. The predicted molar refractivity (Wildman–Crippen MR) is 71.0 cm³/mol. The quantitative estimate of drug-likeness (QED) is 0.675. The number of hydrogen-bond acceptors (Lipinski definition) is 5. The van der Waals surface area contributed by atoms with Crippen LogP contribution in [-0.4, -0.2) is 35.8 Å². The van der Waals surface area contributed by atoms with Crippen LogP contribution in [0.15, 0.2) is 35.4 Å². The van der Waals surface area contributed by atoms with Crippen molar-refractivity contribution >= 4 is 17.5 Å². The Balaban J connectivity index is 1.93. The van der Waals surface area contributed by atoms with E-state index in [0.717, 1.165) is 0 Å². The van der Waals surface area contributed by atoms with E-state index in [1.54, 1.807) is 31.2 Å². The zero-order valence-electron chi connectivity index (χ0n) is 11.3. The molecule has 0 aromatic heterocycles. The number of hydrogen-bond donors (Lipinski definition) is 0. The van der Waals surface area contributed by atoms with E-state index in [4.69, 9.17) is 9.47 Å². The summed E-state index contributed by atoms with van der Waals surface area (Å²) in [5.74, 6) is -0.848. The van der Waals surface area contributed by atoms with Crippen LogP contribution in [0, 0.1) is 0 Å². The number of esters is 1. The Kier molecular flexibility index (Phi) is 2.44. The summed E-state index contributed by atoms with van der Waals surface area (Å²) < 4.78 is 10.9. The zero-order valence-corrected chi connectivity index (χ0v) is 11.3. The van der Waals surface area contributed by atoms with Gasteiger partial charge in [-0.3, -0.25) is 14.4 Å². The number of ketones is 2. The van der Waals surface area contributed by atoms with Gasteiger partial charge >= 0.3 is 5.97 Å². The number of rotatable bonds is 0. The molecule has 2 aliphatic heterocycles. The van der Waals surface area contributed by atoms with E-state index >= 15 is 0 Å². The number of ether oxygens (including phenoxy) is 2. The first kappa shape index (κ1) is 12.5. The van der Waals surface area contributed by atoms with Crippen LogP contribution in [0.2, 0.25) is 0 Å². The van der Waals surface area contributed by atoms with Crippen LogP contribution in [0.4, 0.5) is 0 Å². The van der Waals surface area contributed by atoms with Gasteiger partial charge in [-0.05, 0) is 6.92 Å². The molecule has 1 fully saturated rings. The van der Waals surface area contributed by atoms with Crippen molar-refractivity contribution in [2.45, 2.75) is 31.7 Å². The van der Waals surface area contributed by atoms with Crippen LogP contribution in [0.5, 0.6) is 0 Å². The topological polar surface area (TPSA) is 69.7 Å². The van der Waals surface area contributed by atoms with Crippen LogP contribution >= 0.6 is 0 Å². The Morgan fingerprint density at radius 1 is 1.00 bits per heavy atom. The summed E-state index contributed by atoms with van der Waals surface area (Å²) >= 11 is 0. The molecule has 5 heteroatoms. The molecule has 0 spiro atoms. The summed E-state index contributed by atoms with van der Waals surface area (Å²) in [5, 5.41) is 0. The molecule has 3 aliphatic rings. The Bertz CT molecular complexity index is 730. The minimum atomic E-state index is -0.756. The summed E-state index contributed by atoms with van der Waals surface area (Å²) in [4.78, 5) is 36.9. The van der Waals surface area contributed by atoms with Crippen molar-refractivity contribution in [3.8, 4) is 0 Å². The van der Waals surface area contributed by atoms with Gasteiger partial charge in [-0.25, -0.2) is 0 Å². The minimum absolute atomic E-state index is 0.120. The van der Waals surface area contributed by atoms with Gasteiger partial charge in [0.2, 0.25) is 0 Å². The molecule has 5 nitrogen and oxygen atoms in total. The normalized spacial score (nSPS) is 30.7. The number of carbonyl (C=O) groups excluding carboxylic acids is 3. The van der Waals surface area contributed by atoms with Crippen molar-refractivity contribution < 1.29 is 23.9 Å². The second-order valence-electron chi connectivity index (χ2n) is 5.46. The Morgan fingerprint density at radius 3 is 2.29 bits per heavy atom. The fraction of sp³-hybridized carbons (Fsp3) is 0.312. The molecule has 0 bridgehead atoms. The number of Topliss-reactive ketones (excluding diaryl/α,β-unsaturated/α-hetero) is 2. The molecular weight excluding hydrogens is 272 g/mol. The molecular formula is C16H12O5. The Morgan fingerprint density at radius 2 is 1.62 bits per heavy atom. The van der Waals surface area contributed by atoms with Crippen molar-refractivity contribution in [2.24, 2.45) is 0 Å². The molecule has 1 saturated heterocycles. The molecule has 21 heavy (non-hydrogen) atoms. The summed E-state index contributed by atoms with van der Waals surface area (Å²) in [6, 6.07) is 6.71. The molecule has 1 aromatic carbocycles.